The molecule has 0 saturated heterocycles. The van der Waals surface area contributed by atoms with E-state index in [1.165, 1.54) is 290 Å². The third kappa shape index (κ3) is 51.0. The molecule has 6 unspecified atom stereocenters. The zero-order valence-corrected chi connectivity index (χ0v) is 74.0. The minimum absolute atomic E-state index is 0.0962. The minimum atomic E-state index is -4.81. The number of carbonyl (C=O) groups excluding carboxylic acids is 3. The smallest absolute Gasteiger partial charge is 0.466 e. The molecule has 620 valence electrons. The lowest BCUT2D eigenvalue weighted by molar-refractivity contribution is -0.957. The molecule has 0 bridgehead atoms. The fraction of sp³-hybridized carbons (Fsp3) is 0.967. The van der Waals surface area contributed by atoms with E-state index in [1.54, 1.807) is 0 Å². The first-order valence-corrected chi connectivity index (χ1v) is 46.6. The number of ether oxygens (including phenoxy) is 3. The zero-order chi connectivity index (χ0) is 77.8. The first-order valence-electron chi connectivity index (χ1n) is 45.2. The van der Waals surface area contributed by atoms with Gasteiger partial charge in [-0.15, -0.1) is 0 Å². The highest BCUT2D eigenvalue weighted by Crippen LogP contribution is 2.64. The first-order chi connectivity index (χ1) is 49.6. The lowest BCUT2D eigenvalue weighted by Gasteiger charge is -2.53. The molecule has 0 saturated carbocycles. The van der Waals surface area contributed by atoms with E-state index in [-0.39, 0.29) is 55.5 Å². The van der Waals surface area contributed by atoms with Crippen LogP contribution in [-0.4, -0.2) is 132 Å². The average molecular weight is 1500 g/mol. The van der Waals surface area contributed by atoms with Crippen molar-refractivity contribution in [3.63, 3.8) is 0 Å². The van der Waals surface area contributed by atoms with E-state index >= 15 is 4.57 Å². The van der Waals surface area contributed by atoms with Crippen LogP contribution in [0.4, 0.5) is 0 Å². The number of unbranched alkanes of at least 4 members (excludes halogenated alkanes) is 45. The number of carbonyl (C=O) groups is 3. The molecule has 0 aliphatic rings. The number of nitrogens with zero attached hydrogens (tertiary/aromatic N) is 3. The maximum atomic E-state index is 18.0. The van der Waals surface area contributed by atoms with Crippen molar-refractivity contribution in [1.29, 1.82) is 0 Å². The van der Waals surface area contributed by atoms with Crippen LogP contribution in [0.25, 0.3) is 0 Å². The summed E-state index contributed by atoms with van der Waals surface area (Å²) in [6.45, 7) is 18.6. The Hall–Kier alpha value is -1.60. The summed E-state index contributed by atoms with van der Waals surface area (Å²) in [6.07, 6.45) is 69.9. The highest BCUT2D eigenvalue weighted by molar-refractivity contribution is 7.48. The van der Waals surface area contributed by atoms with E-state index in [1.807, 2.05) is 0 Å². The molecule has 6 atom stereocenters. The molecule has 0 N–H and O–H groups in total. The number of rotatable bonds is 78. The van der Waals surface area contributed by atoms with E-state index in [9.17, 15) is 14.4 Å². The summed E-state index contributed by atoms with van der Waals surface area (Å²) in [5.74, 6) is -1.21. The Morgan fingerprint density at radius 3 is 0.548 bits per heavy atom. The SMILES string of the molecule is CCCCCCCCCCCCCCCCCCC(COC(C)=O)CC(CCC)(OP(=O)(OC(CCC)(CC(CCCCCCCCCCCCCCCCCC)COC(C)=O)[N+](C)(C)C)OC(CCC)(CC(CCCCCCCCCCCCCCCCCC)COC(C)=O)[N+](C)(C)C)[N+](C)(C)C. The largest absolute Gasteiger partial charge is 0.489 e. The van der Waals surface area contributed by atoms with Gasteiger partial charge >= 0.3 is 25.7 Å². The molecule has 0 aliphatic heterocycles. The molecule has 0 amide bonds. The molecule has 104 heavy (non-hydrogen) atoms. The monoisotopic (exact) mass is 1500 g/mol. The molecule has 0 spiro atoms. The predicted octanol–water partition coefficient (Wildman–Crippen LogP) is 27.4. The maximum absolute atomic E-state index is 18.0. The molecule has 0 aromatic heterocycles. The van der Waals surface area contributed by atoms with Crippen LogP contribution in [0.1, 0.15) is 448 Å². The number of hydrogen-bond acceptors (Lipinski definition) is 10. The second-order valence-electron chi connectivity index (χ2n) is 35.7. The molecule has 0 aromatic rings. The van der Waals surface area contributed by atoms with Crippen molar-refractivity contribution in [3.8, 4) is 0 Å². The van der Waals surface area contributed by atoms with Crippen LogP contribution in [0.15, 0.2) is 0 Å². The molecular weight excluding hydrogens is 1310 g/mol. The highest BCUT2D eigenvalue weighted by Gasteiger charge is 2.62. The molecule has 0 aromatic carbocycles. The molecule has 0 radical (unpaired) electrons. The van der Waals surface area contributed by atoms with Gasteiger partial charge in [0.15, 0.2) is 0 Å². The second kappa shape index (κ2) is 63.0. The summed E-state index contributed by atoms with van der Waals surface area (Å²) in [6, 6.07) is 0. The van der Waals surface area contributed by atoms with Gasteiger partial charge in [-0.05, 0) is 38.5 Å². The standard InChI is InChI=1S/C90H183N3O10P/c1-19-25-28-31-34-37-40-43-46-49-52-55-58-61-64-67-70-85(79-98-82(7)94)76-88(73-22-4,91(10,11)12)101-104(97,102-89(74-23-5,92(13,14)15)77-86(80-99-83(8)95)71-68-65-62-59-56-53-50-47-44-41-38-35-32-29-26-20-2)103-90(75-24-6,93(16,17)18)78-87(81-100-84(9)96)72-69-66-63-60-57-54-51-48-45-42-39-36-33-30-27-21-3/h85-87H,19-81H2,1-18H3/q+3. The van der Waals surface area contributed by atoms with E-state index in [0.29, 0.717) is 52.0 Å². The van der Waals surface area contributed by atoms with Crippen molar-refractivity contribution in [3.05, 3.63) is 0 Å². The van der Waals surface area contributed by atoms with Gasteiger partial charge in [0.05, 0.1) is 83.2 Å². The Kier molecular flexibility index (Phi) is 62.0. The van der Waals surface area contributed by atoms with Crippen LogP contribution in [0.5, 0.6) is 0 Å². The van der Waals surface area contributed by atoms with Gasteiger partial charge in [-0.1, -0.05) is 350 Å². The molecule has 0 heterocycles. The first kappa shape index (κ1) is 102. The van der Waals surface area contributed by atoms with Gasteiger partial charge in [-0.2, -0.15) is 0 Å². The third-order valence-corrected chi connectivity index (χ3v) is 24.9. The Morgan fingerprint density at radius 2 is 0.413 bits per heavy atom. The average Bonchev–Trinajstić information content (AvgIpc) is 0.738. The summed E-state index contributed by atoms with van der Waals surface area (Å²) >= 11 is 0. The van der Waals surface area contributed by atoms with Crippen LogP contribution in [0.2, 0.25) is 0 Å². The summed E-state index contributed by atoms with van der Waals surface area (Å²) < 4.78 is 60.6. The highest BCUT2D eigenvalue weighted by atomic mass is 31.2. The third-order valence-electron chi connectivity index (χ3n) is 23.2. The van der Waals surface area contributed by atoms with Crippen molar-refractivity contribution in [2.45, 2.75) is 465 Å². The van der Waals surface area contributed by atoms with Crippen LogP contribution in [0, 0.1) is 17.8 Å². The molecular formula is C90H183N3O10P+3. The lowest BCUT2D eigenvalue weighted by atomic mass is 9.88. The fourth-order valence-electron chi connectivity index (χ4n) is 16.3. The molecule has 13 nitrogen and oxygen atoms in total. The van der Waals surface area contributed by atoms with Gasteiger partial charge in [0.2, 0.25) is 17.2 Å². The molecule has 0 rings (SSSR count). The van der Waals surface area contributed by atoms with Gasteiger partial charge in [0.25, 0.3) is 0 Å². The van der Waals surface area contributed by atoms with Crippen molar-refractivity contribution < 1.29 is 60.2 Å². The van der Waals surface area contributed by atoms with Crippen LogP contribution in [-0.2, 0) is 46.7 Å². The summed E-state index contributed by atoms with van der Waals surface area (Å²) in [7, 11) is 14.5. The summed E-state index contributed by atoms with van der Waals surface area (Å²) in [5.41, 5.74) is -3.40. The molecule has 14 heteroatoms. The summed E-state index contributed by atoms with van der Waals surface area (Å²) in [4.78, 5) is 38.6. The van der Waals surface area contributed by atoms with Crippen LogP contribution < -0.4 is 0 Å². The maximum Gasteiger partial charge on any atom is 0.489 e. The number of phosphoric acid groups is 1. The topological polar surface area (TPSA) is 124 Å². The Labute approximate surface area is 648 Å². The second-order valence-corrected chi connectivity index (χ2v) is 37.2. The van der Waals surface area contributed by atoms with Crippen LogP contribution in [0.3, 0.4) is 0 Å². The molecule has 0 aliphatic carbocycles. The van der Waals surface area contributed by atoms with Crippen LogP contribution >= 0.6 is 7.82 Å². The summed E-state index contributed by atoms with van der Waals surface area (Å²) in [5, 5.41) is 0. The van der Waals surface area contributed by atoms with Crippen molar-refractivity contribution in [2.75, 3.05) is 83.2 Å². The fourth-order valence-corrected chi connectivity index (χ4v) is 18.9. The number of esters is 3. The van der Waals surface area contributed by atoms with Gasteiger partial charge in [-0.25, -0.2) is 18.1 Å². The van der Waals surface area contributed by atoms with Gasteiger partial charge < -0.3 is 27.7 Å². The van der Waals surface area contributed by atoms with Crippen molar-refractivity contribution in [2.24, 2.45) is 17.8 Å². The Bertz CT molecular complexity index is 1840. The lowest BCUT2D eigenvalue weighted by Crippen LogP contribution is -2.63. The normalized spacial score (nSPS) is 15.6. The van der Waals surface area contributed by atoms with E-state index < -0.39 is 25.0 Å². The number of hydrogen-bond donors (Lipinski definition) is 0. The van der Waals surface area contributed by atoms with E-state index in [0.717, 1.165) is 77.0 Å². The van der Waals surface area contributed by atoms with Gasteiger partial charge in [0.1, 0.15) is 0 Å². The van der Waals surface area contributed by atoms with Crippen molar-refractivity contribution in [1.82, 2.24) is 0 Å². The van der Waals surface area contributed by atoms with Gasteiger partial charge in [-0.3, -0.25) is 14.4 Å². The number of quaternary nitrogens is 3. The number of phosphoric ester groups is 1. The Balaban J connectivity index is 7.59. The zero-order valence-electron chi connectivity index (χ0n) is 73.2. The molecule has 0 fully saturated rings. The predicted molar refractivity (Wildman–Crippen MR) is 445 cm³/mol. The van der Waals surface area contributed by atoms with E-state index in [4.69, 9.17) is 27.8 Å². The van der Waals surface area contributed by atoms with Gasteiger partial charge in [0, 0.05) is 77.0 Å². The van der Waals surface area contributed by atoms with E-state index in [2.05, 4.69) is 105 Å². The quantitative estimate of drug-likeness (QED) is 0.0145. The Morgan fingerprint density at radius 1 is 0.260 bits per heavy atom. The minimum Gasteiger partial charge on any atom is -0.466 e. The van der Waals surface area contributed by atoms with Crippen molar-refractivity contribution >= 4 is 25.7 Å².